The van der Waals surface area contributed by atoms with Crippen molar-refractivity contribution >= 4 is 40.0 Å². The zero-order valence-corrected chi connectivity index (χ0v) is 18.7. The van der Waals surface area contributed by atoms with Gasteiger partial charge in [-0.3, -0.25) is 4.79 Å². The molecule has 1 amide bonds. The van der Waals surface area contributed by atoms with Crippen molar-refractivity contribution in [3.8, 4) is 5.75 Å². The number of nitrogens with zero attached hydrogens (tertiary/aromatic N) is 2. The van der Waals surface area contributed by atoms with Crippen molar-refractivity contribution in [3.63, 3.8) is 0 Å². The van der Waals surface area contributed by atoms with Crippen molar-refractivity contribution in [2.75, 3.05) is 17.7 Å². The van der Waals surface area contributed by atoms with Crippen LogP contribution in [0.1, 0.15) is 33.6 Å². The van der Waals surface area contributed by atoms with E-state index in [1.165, 1.54) is 35.6 Å². The summed E-state index contributed by atoms with van der Waals surface area (Å²) in [6.07, 6.45) is 0. The highest BCUT2D eigenvalue weighted by Crippen LogP contribution is 2.33. The summed E-state index contributed by atoms with van der Waals surface area (Å²) >= 11 is 2.38. The third-order valence-corrected chi connectivity index (χ3v) is 6.01. The highest BCUT2D eigenvalue weighted by molar-refractivity contribution is 7.99. The van der Waals surface area contributed by atoms with Crippen LogP contribution < -0.4 is 10.1 Å². The number of ether oxygens (including phenoxy) is 2. The number of amides is 1. The van der Waals surface area contributed by atoms with Crippen molar-refractivity contribution in [1.82, 2.24) is 10.2 Å². The summed E-state index contributed by atoms with van der Waals surface area (Å²) < 4.78 is 28.9. The fourth-order valence-corrected chi connectivity index (χ4v) is 4.13. The number of carbonyl (C=O) groups is 2. The van der Waals surface area contributed by atoms with Gasteiger partial charge in [-0.15, -0.1) is 21.5 Å². The number of aryl methyl sites for hydroxylation is 1. The van der Waals surface area contributed by atoms with Crippen LogP contribution in [0, 0.1) is 19.7 Å². The predicted octanol–water partition coefficient (Wildman–Crippen LogP) is 4.37. The van der Waals surface area contributed by atoms with Crippen molar-refractivity contribution in [2.45, 2.75) is 32.6 Å². The number of benzene rings is 1. The molecular weight excluding hydrogens is 445 g/mol. The second kappa shape index (κ2) is 10.4. The Morgan fingerprint density at radius 3 is 2.68 bits per heavy atom. The first kappa shape index (κ1) is 22.8. The van der Waals surface area contributed by atoms with Gasteiger partial charge in [-0.25, -0.2) is 9.18 Å². The quantitative estimate of drug-likeness (QED) is 0.367. The zero-order chi connectivity index (χ0) is 22.4. The van der Waals surface area contributed by atoms with Crippen molar-refractivity contribution in [1.29, 1.82) is 0 Å². The molecule has 3 aromatic rings. The van der Waals surface area contributed by atoms with E-state index < -0.39 is 5.97 Å². The van der Waals surface area contributed by atoms with E-state index in [2.05, 4.69) is 15.5 Å². The SMILES string of the molecule is CCOC(=O)c1c(NC(=O)CSc2nnc(COc3ccc(F)cc3)o2)sc(C)c1C. The predicted molar refractivity (Wildman–Crippen MR) is 114 cm³/mol. The molecule has 1 N–H and O–H groups in total. The summed E-state index contributed by atoms with van der Waals surface area (Å²) in [7, 11) is 0. The number of carbonyl (C=O) groups excluding carboxylic acids is 2. The smallest absolute Gasteiger partial charge is 0.341 e. The van der Waals surface area contributed by atoms with E-state index in [1.807, 2.05) is 13.8 Å². The first-order valence-corrected chi connectivity index (χ1v) is 11.1. The molecule has 0 saturated carbocycles. The van der Waals surface area contributed by atoms with Gasteiger partial charge < -0.3 is 19.2 Å². The van der Waals surface area contributed by atoms with Gasteiger partial charge in [0.1, 0.15) is 16.6 Å². The number of anilines is 1. The van der Waals surface area contributed by atoms with E-state index in [0.717, 1.165) is 22.2 Å². The highest BCUT2D eigenvalue weighted by atomic mass is 32.2. The monoisotopic (exact) mass is 465 g/mol. The van der Waals surface area contributed by atoms with Crippen LogP contribution in [0.3, 0.4) is 0 Å². The summed E-state index contributed by atoms with van der Waals surface area (Å²) in [5.41, 5.74) is 1.16. The molecule has 0 unspecified atom stereocenters. The van der Waals surface area contributed by atoms with Crippen molar-refractivity contribution < 1.29 is 27.9 Å². The van der Waals surface area contributed by atoms with Crippen LogP contribution in [0.2, 0.25) is 0 Å². The van der Waals surface area contributed by atoms with Crippen LogP contribution in [-0.4, -0.2) is 34.4 Å². The average molecular weight is 466 g/mol. The van der Waals surface area contributed by atoms with E-state index in [1.54, 1.807) is 6.92 Å². The number of thioether (sulfide) groups is 1. The Morgan fingerprint density at radius 1 is 1.23 bits per heavy atom. The lowest BCUT2D eigenvalue weighted by Crippen LogP contribution is -2.16. The molecule has 0 aliphatic carbocycles. The van der Waals surface area contributed by atoms with Gasteiger partial charge in [-0.1, -0.05) is 11.8 Å². The molecule has 0 aliphatic heterocycles. The molecule has 0 saturated heterocycles. The molecule has 3 rings (SSSR count). The summed E-state index contributed by atoms with van der Waals surface area (Å²) in [6, 6.07) is 5.55. The summed E-state index contributed by atoms with van der Waals surface area (Å²) in [5.74, 6) is -0.439. The lowest BCUT2D eigenvalue weighted by atomic mass is 10.1. The van der Waals surface area contributed by atoms with Crippen molar-refractivity contribution in [2.24, 2.45) is 0 Å². The number of aromatic nitrogens is 2. The van der Waals surface area contributed by atoms with Gasteiger partial charge in [0.2, 0.25) is 5.91 Å². The van der Waals surface area contributed by atoms with Crippen LogP contribution in [0.4, 0.5) is 9.39 Å². The minimum atomic E-state index is -0.463. The third-order valence-electron chi connectivity index (χ3n) is 4.07. The fraction of sp³-hybridized carbons (Fsp3) is 0.300. The lowest BCUT2D eigenvalue weighted by molar-refractivity contribution is -0.113. The number of halogens is 1. The summed E-state index contributed by atoms with van der Waals surface area (Å²) in [4.78, 5) is 25.5. The van der Waals surface area contributed by atoms with Gasteiger partial charge in [0.25, 0.3) is 11.1 Å². The molecule has 11 heteroatoms. The lowest BCUT2D eigenvalue weighted by Gasteiger charge is -2.06. The number of thiophene rings is 1. The zero-order valence-electron chi connectivity index (χ0n) is 17.1. The van der Waals surface area contributed by atoms with E-state index in [-0.39, 0.29) is 41.8 Å². The molecule has 164 valence electrons. The number of esters is 1. The van der Waals surface area contributed by atoms with Gasteiger partial charge in [0.15, 0.2) is 6.61 Å². The number of hydrogen-bond acceptors (Lipinski definition) is 9. The topological polar surface area (TPSA) is 104 Å². The Kier molecular flexibility index (Phi) is 7.64. The largest absolute Gasteiger partial charge is 0.484 e. The van der Waals surface area contributed by atoms with Gasteiger partial charge in [-0.05, 0) is 50.6 Å². The first-order chi connectivity index (χ1) is 14.9. The molecule has 0 atom stereocenters. The van der Waals surface area contributed by atoms with Crippen LogP contribution >= 0.6 is 23.1 Å². The molecule has 0 bridgehead atoms. The average Bonchev–Trinajstić information content (AvgIpc) is 3.30. The third kappa shape index (κ3) is 6.05. The Morgan fingerprint density at radius 2 is 1.97 bits per heavy atom. The van der Waals surface area contributed by atoms with E-state index in [9.17, 15) is 14.0 Å². The van der Waals surface area contributed by atoms with Gasteiger partial charge in [-0.2, -0.15) is 0 Å². The fourth-order valence-electron chi connectivity index (χ4n) is 2.48. The Hall–Kier alpha value is -2.92. The number of rotatable bonds is 9. The molecule has 0 spiro atoms. The van der Waals surface area contributed by atoms with Crippen LogP contribution in [0.15, 0.2) is 33.9 Å². The molecule has 2 heterocycles. The molecule has 2 aromatic heterocycles. The first-order valence-electron chi connectivity index (χ1n) is 9.27. The molecule has 0 fully saturated rings. The Labute approximate surface area is 186 Å². The second-order valence-corrected chi connectivity index (χ2v) is 8.40. The van der Waals surface area contributed by atoms with Gasteiger partial charge in [0.05, 0.1) is 17.9 Å². The second-order valence-electron chi connectivity index (χ2n) is 6.25. The Bertz CT molecular complexity index is 1070. The summed E-state index contributed by atoms with van der Waals surface area (Å²) in [6.45, 7) is 5.69. The number of nitrogens with one attached hydrogen (secondary N) is 1. The minimum absolute atomic E-state index is 0.0126. The molecule has 8 nitrogen and oxygen atoms in total. The van der Waals surface area contributed by atoms with Crippen LogP contribution in [0.25, 0.3) is 0 Å². The standard InChI is InChI=1S/C20H20FN3O5S2/c1-4-27-19(26)17-11(2)12(3)31-18(17)22-15(25)10-30-20-24-23-16(29-20)9-28-14-7-5-13(21)6-8-14/h5-8H,4,9-10H2,1-3H3,(H,22,25). The molecule has 1 aromatic carbocycles. The number of hydrogen-bond donors (Lipinski definition) is 1. The maximum absolute atomic E-state index is 12.9. The normalized spacial score (nSPS) is 10.7. The van der Waals surface area contributed by atoms with Crippen LogP contribution in [0.5, 0.6) is 5.75 Å². The minimum Gasteiger partial charge on any atom is -0.484 e. The van der Waals surface area contributed by atoms with Gasteiger partial charge >= 0.3 is 5.97 Å². The maximum Gasteiger partial charge on any atom is 0.341 e. The molecule has 0 radical (unpaired) electrons. The van der Waals surface area contributed by atoms with E-state index >= 15 is 0 Å². The van der Waals surface area contributed by atoms with E-state index in [4.69, 9.17) is 13.9 Å². The maximum atomic E-state index is 12.9. The van der Waals surface area contributed by atoms with Gasteiger partial charge in [0, 0.05) is 4.88 Å². The molecule has 0 aliphatic rings. The Balaban J connectivity index is 1.53. The molecular formula is C20H20FN3O5S2. The van der Waals surface area contributed by atoms with E-state index in [0.29, 0.717) is 16.3 Å². The van der Waals surface area contributed by atoms with Crippen molar-refractivity contribution in [3.05, 3.63) is 52.0 Å². The summed E-state index contributed by atoms with van der Waals surface area (Å²) in [5, 5.41) is 11.1. The molecule has 31 heavy (non-hydrogen) atoms. The van der Waals surface area contributed by atoms with Crippen LogP contribution in [-0.2, 0) is 16.1 Å². The highest BCUT2D eigenvalue weighted by Gasteiger charge is 2.22.